The Bertz CT molecular complexity index is 3950. The first-order valence-corrected chi connectivity index (χ1v) is 24.4. The maximum Gasteiger partial charge on any atom is 0.416 e. The Hall–Kier alpha value is -8.42. The molecule has 2 aliphatic carbocycles. The Balaban J connectivity index is 1.09. The molecule has 354 valence electrons. The van der Waals surface area contributed by atoms with Crippen LogP contribution in [0.4, 0.5) is 43.4 Å². The summed E-state index contributed by atoms with van der Waals surface area (Å²) < 4.78 is 83.9. The summed E-state index contributed by atoms with van der Waals surface area (Å²) in [6, 6.07) is 74.3. The average molecular weight is 964 g/mol. The van der Waals surface area contributed by atoms with E-state index in [4.69, 9.17) is 0 Å². The smallest absolute Gasteiger partial charge is 0.310 e. The molecule has 0 aromatic heterocycles. The number of hydrogen-bond donors (Lipinski definition) is 0. The van der Waals surface area contributed by atoms with Crippen molar-refractivity contribution in [3.05, 3.63) is 281 Å². The lowest BCUT2D eigenvalue weighted by Gasteiger charge is -2.33. The van der Waals surface area contributed by atoms with Gasteiger partial charge in [0.1, 0.15) is 0 Å². The fraction of sp³-hybridized carbons (Fsp3) is 0.0909. The van der Waals surface area contributed by atoms with Gasteiger partial charge in [-0.3, -0.25) is 0 Å². The van der Waals surface area contributed by atoms with Gasteiger partial charge in [-0.15, -0.1) is 0 Å². The normalized spacial score (nSPS) is 15.5. The van der Waals surface area contributed by atoms with Gasteiger partial charge in [-0.1, -0.05) is 165 Å². The van der Waals surface area contributed by atoms with E-state index in [2.05, 4.69) is 128 Å². The summed E-state index contributed by atoms with van der Waals surface area (Å²) in [5, 5.41) is 6.91. The molecule has 0 N–H and O–H groups in total. The Kier molecular flexibility index (Phi) is 10.1. The molecule has 1 spiro atoms. The molecule has 0 aliphatic heterocycles. The summed E-state index contributed by atoms with van der Waals surface area (Å²) in [5.41, 5.74) is 11.3. The van der Waals surface area contributed by atoms with Crippen LogP contribution in [0.2, 0.25) is 0 Å². The molecular formula is C66H43F6N. The maximum atomic E-state index is 14.0. The third-order valence-electron chi connectivity index (χ3n) is 15.6. The summed E-state index contributed by atoms with van der Waals surface area (Å²) in [7, 11) is 0. The van der Waals surface area contributed by atoms with Gasteiger partial charge in [0.05, 0.1) is 16.5 Å². The molecule has 0 fully saturated rings. The van der Waals surface area contributed by atoms with Crippen molar-refractivity contribution < 1.29 is 26.3 Å². The Morgan fingerprint density at radius 1 is 0.329 bits per heavy atom. The molecular weight excluding hydrogens is 921 g/mol. The van der Waals surface area contributed by atoms with E-state index < -0.39 is 28.9 Å². The van der Waals surface area contributed by atoms with Gasteiger partial charge in [0.2, 0.25) is 0 Å². The molecule has 0 amide bonds. The lowest BCUT2D eigenvalue weighted by molar-refractivity contribution is -0.138. The quantitative estimate of drug-likeness (QED) is 0.114. The molecule has 0 saturated heterocycles. The van der Waals surface area contributed by atoms with Crippen molar-refractivity contribution in [2.45, 2.75) is 36.5 Å². The Labute approximate surface area is 418 Å². The third-order valence-corrected chi connectivity index (χ3v) is 15.6. The zero-order valence-electron chi connectivity index (χ0n) is 39.3. The van der Waals surface area contributed by atoms with E-state index in [0.29, 0.717) is 5.69 Å². The summed E-state index contributed by atoms with van der Waals surface area (Å²) in [5.74, 6) is -0.486. The van der Waals surface area contributed by atoms with Crippen molar-refractivity contribution in [3.63, 3.8) is 0 Å². The van der Waals surface area contributed by atoms with Gasteiger partial charge in [-0.05, 0) is 172 Å². The van der Waals surface area contributed by atoms with Crippen molar-refractivity contribution in [1.29, 1.82) is 0 Å². The summed E-state index contributed by atoms with van der Waals surface area (Å²) >= 11 is 0. The first-order chi connectivity index (χ1) is 35.4. The van der Waals surface area contributed by atoms with Crippen LogP contribution in [0.1, 0.15) is 68.8 Å². The predicted octanol–water partition coefficient (Wildman–Crippen LogP) is 18.9. The van der Waals surface area contributed by atoms with E-state index >= 15 is 0 Å². The second-order valence-electron chi connectivity index (χ2n) is 19.4. The van der Waals surface area contributed by atoms with Crippen molar-refractivity contribution in [1.82, 2.24) is 0 Å². The molecule has 0 heterocycles. The van der Waals surface area contributed by atoms with Gasteiger partial charge in [0.15, 0.2) is 0 Å². The summed E-state index contributed by atoms with van der Waals surface area (Å²) in [6.45, 7) is 2.16. The fourth-order valence-electron chi connectivity index (χ4n) is 12.3. The van der Waals surface area contributed by atoms with Crippen LogP contribution in [0.5, 0.6) is 0 Å². The van der Waals surface area contributed by atoms with Gasteiger partial charge in [0, 0.05) is 23.0 Å². The molecule has 11 aromatic carbocycles. The number of anilines is 3. The Morgan fingerprint density at radius 3 is 1.37 bits per heavy atom. The SMILES string of the molecule is CC(c1ccc2c(c1)C1(c3ccccc3-c3cc4c5ccccc5c5ccccc5c4cc31)c1cc(N(c3ccccc3)c3ccc(C(F)(F)F)cc3)ccc1-2)C(c1ccccc1)c1ccc(C(F)(F)F)cc1. The highest BCUT2D eigenvalue weighted by molar-refractivity contribution is 6.26. The lowest BCUT2D eigenvalue weighted by atomic mass is 9.69. The highest BCUT2D eigenvalue weighted by atomic mass is 19.4. The molecule has 0 saturated carbocycles. The molecule has 3 unspecified atom stereocenters. The minimum atomic E-state index is -4.50. The average Bonchev–Trinajstić information content (AvgIpc) is 3.87. The van der Waals surface area contributed by atoms with Crippen LogP contribution in [0, 0.1) is 0 Å². The zero-order valence-corrected chi connectivity index (χ0v) is 39.3. The molecule has 73 heavy (non-hydrogen) atoms. The number of rotatable bonds is 7. The van der Waals surface area contributed by atoms with E-state index in [1.165, 1.54) is 29.7 Å². The van der Waals surface area contributed by atoms with E-state index in [1.807, 2.05) is 65.6 Å². The predicted molar refractivity (Wildman–Crippen MR) is 283 cm³/mol. The number of fused-ring (bicyclic) bond motifs is 16. The molecule has 0 bridgehead atoms. The van der Waals surface area contributed by atoms with E-state index in [0.717, 1.165) is 112 Å². The minimum Gasteiger partial charge on any atom is -0.310 e. The summed E-state index contributed by atoms with van der Waals surface area (Å²) in [6.07, 6.45) is -8.97. The zero-order chi connectivity index (χ0) is 49.8. The van der Waals surface area contributed by atoms with Crippen LogP contribution in [0.15, 0.2) is 231 Å². The summed E-state index contributed by atoms with van der Waals surface area (Å²) in [4.78, 5) is 2.01. The topological polar surface area (TPSA) is 3.24 Å². The number of hydrogen-bond acceptors (Lipinski definition) is 1. The second-order valence-corrected chi connectivity index (χ2v) is 19.4. The van der Waals surface area contributed by atoms with E-state index in [9.17, 15) is 26.3 Å². The lowest BCUT2D eigenvalue weighted by Crippen LogP contribution is -2.26. The van der Waals surface area contributed by atoms with Gasteiger partial charge in [-0.2, -0.15) is 26.3 Å². The molecule has 11 aromatic rings. The monoisotopic (exact) mass is 963 g/mol. The van der Waals surface area contributed by atoms with Crippen LogP contribution < -0.4 is 4.90 Å². The third kappa shape index (κ3) is 6.93. The van der Waals surface area contributed by atoms with Crippen molar-refractivity contribution in [2.75, 3.05) is 4.90 Å². The highest BCUT2D eigenvalue weighted by Crippen LogP contribution is 2.65. The number of benzene rings is 11. The molecule has 0 radical (unpaired) electrons. The van der Waals surface area contributed by atoms with Gasteiger partial charge in [-0.25, -0.2) is 0 Å². The largest absolute Gasteiger partial charge is 0.416 e. The van der Waals surface area contributed by atoms with Gasteiger partial charge >= 0.3 is 12.4 Å². The van der Waals surface area contributed by atoms with Crippen molar-refractivity contribution in [3.8, 4) is 22.3 Å². The van der Waals surface area contributed by atoms with E-state index in [-0.39, 0.29) is 11.8 Å². The van der Waals surface area contributed by atoms with Crippen LogP contribution >= 0.6 is 0 Å². The molecule has 2 aliphatic rings. The maximum absolute atomic E-state index is 14.0. The number of nitrogens with zero attached hydrogens (tertiary/aromatic N) is 1. The van der Waals surface area contributed by atoms with Gasteiger partial charge < -0.3 is 4.90 Å². The molecule has 13 rings (SSSR count). The first-order valence-electron chi connectivity index (χ1n) is 24.4. The number of halogens is 6. The fourth-order valence-corrected chi connectivity index (χ4v) is 12.3. The minimum absolute atomic E-state index is 0.197. The number of para-hydroxylation sites is 1. The first kappa shape index (κ1) is 44.5. The van der Waals surface area contributed by atoms with Crippen LogP contribution in [-0.2, 0) is 17.8 Å². The molecule has 7 heteroatoms. The molecule has 3 atom stereocenters. The highest BCUT2D eigenvalue weighted by Gasteiger charge is 2.52. The van der Waals surface area contributed by atoms with Crippen molar-refractivity contribution in [2.24, 2.45) is 0 Å². The molecule has 1 nitrogen and oxygen atoms in total. The van der Waals surface area contributed by atoms with Crippen LogP contribution in [-0.4, -0.2) is 0 Å². The van der Waals surface area contributed by atoms with E-state index in [1.54, 1.807) is 12.1 Å². The van der Waals surface area contributed by atoms with Crippen molar-refractivity contribution >= 4 is 49.4 Å². The van der Waals surface area contributed by atoms with Gasteiger partial charge in [0.25, 0.3) is 0 Å². The number of alkyl halides is 6. The van der Waals surface area contributed by atoms with Crippen LogP contribution in [0.3, 0.4) is 0 Å². The Morgan fingerprint density at radius 2 is 0.753 bits per heavy atom. The second kappa shape index (κ2) is 16.6. The standard InChI is InChI=1S/C66H43F6N/c1-40(63(41-14-4-2-5-15-41)42-24-27-44(28-25-42)65(67,68)69)43-26-34-54-55-35-33-48(73(46-16-6-3-7-17-46)47-31-29-45(30-32-47)66(70,71)72)37-61(55)64(60(54)36-43)59-23-13-12-22-53(59)58-38-56-51-20-10-8-18-49(51)50-19-9-11-21-52(50)57(56)39-62(58)64/h2-40,63H,1H3. The van der Waals surface area contributed by atoms with Crippen LogP contribution in [0.25, 0.3) is 54.6 Å².